The van der Waals surface area contributed by atoms with E-state index in [-0.39, 0.29) is 5.75 Å². The van der Waals surface area contributed by atoms with Crippen molar-refractivity contribution >= 4 is 38.1 Å². The average molecular weight is 388 g/mol. The minimum atomic E-state index is 0.244. The normalized spacial score (nSPS) is 11.5. The summed E-state index contributed by atoms with van der Waals surface area (Å²) in [5.74, 6) is 0.244. The van der Waals surface area contributed by atoms with Crippen molar-refractivity contribution in [3.05, 3.63) is 63.9 Å². The van der Waals surface area contributed by atoms with Crippen molar-refractivity contribution in [3.63, 3.8) is 0 Å². The Balaban J connectivity index is 1.72. The third-order valence-corrected chi connectivity index (χ3v) is 4.52. The van der Waals surface area contributed by atoms with Crippen molar-refractivity contribution in [2.45, 2.75) is 6.92 Å². The van der Waals surface area contributed by atoms with Gasteiger partial charge in [-0.3, -0.25) is 5.43 Å². The van der Waals surface area contributed by atoms with Crippen LogP contribution in [0.15, 0.2) is 63.5 Å². The van der Waals surface area contributed by atoms with Crippen LogP contribution in [0.1, 0.15) is 12.5 Å². The number of aromatic nitrogens is 1. The zero-order chi connectivity index (χ0) is 16.2. The molecule has 0 saturated carbocycles. The first kappa shape index (κ1) is 15.7. The molecular formula is C17H14BrN3OS. The first-order valence-electron chi connectivity index (χ1n) is 6.93. The summed E-state index contributed by atoms with van der Waals surface area (Å²) < 4.78 is 1.05. The molecule has 0 unspecified atom stereocenters. The summed E-state index contributed by atoms with van der Waals surface area (Å²) in [5.41, 5.74) is 6.74. The molecule has 23 heavy (non-hydrogen) atoms. The van der Waals surface area contributed by atoms with Crippen LogP contribution in [0, 0.1) is 0 Å². The highest BCUT2D eigenvalue weighted by atomic mass is 79.9. The Morgan fingerprint density at radius 2 is 1.83 bits per heavy atom. The van der Waals surface area contributed by atoms with Gasteiger partial charge in [0.05, 0.1) is 11.4 Å². The molecule has 0 saturated heterocycles. The van der Waals surface area contributed by atoms with Crippen LogP contribution in [-0.4, -0.2) is 15.8 Å². The number of aromatic hydroxyl groups is 1. The predicted octanol–water partition coefficient (Wildman–Crippen LogP) is 5.11. The highest BCUT2D eigenvalue weighted by molar-refractivity contribution is 9.10. The predicted molar refractivity (Wildman–Crippen MR) is 99.2 cm³/mol. The molecule has 0 aliphatic rings. The van der Waals surface area contributed by atoms with E-state index in [1.807, 2.05) is 48.7 Å². The van der Waals surface area contributed by atoms with E-state index in [9.17, 15) is 5.11 Å². The second-order valence-corrected chi connectivity index (χ2v) is 6.67. The van der Waals surface area contributed by atoms with Gasteiger partial charge >= 0.3 is 0 Å². The number of rotatable bonds is 4. The van der Waals surface area contributed by atoms with Crippen molar-refractivity contribution < 1.29 is 5.11 Å². The Morgan fingerprint density at radius 3 is 2.52 bits per heavy atom. The van der Waals surface area contributed by atoms with Crippen LogP contribution in [-0.2, 0) is 0 Å². The molecule has 1 aromatic heterocycles. The summed E-state index contributed by atoms with van der Waals surface area (Å²) in [6.45, 7) is 1.91. The van der Waals surface area contributed by atoms with Crippen LogP contribution < -0.4 is 5.43 Å². The van der Waals surface area contributed by atoms with Gasteiger partial charge in [-0.2, -0.15) is 5.10 Å². The van der Waals surface area contributed by atoms with Gasteiger partial charge in [0.2, 0.25) is 5.13 Å². The van der Waals surface area contributed by atoms with E-state index in [1.165, 1.54) is 11.3 Å². The second-order valence-electron chi connectivity index (χ2n) is 4.90. The molecule has 0 aliphatic heterocycles. The van der Waals surface area contributed by atoms with Gasteiger partial charge in [0.1, 0.15) is 5.75 Å². The van der Waals surface area contributed by atoms with Crippen molar-refractivity contribution in [2.75, 3.05) is 5.43 Å². The number of benzene rings is 2. The zero-order valence-electron chi connectivity index (χ0n) is 12.3. The number of hydrogen-bond donors (Lipinski definition) is 2. The maximum absolute atomic E-state index is 9.31. The van der Waals surface area contributed by atoms with Crippen molar-refractivity contribution in [3.8, 4) is 17.0 Å². The highest BCUT2D eigenvalue weighted by Gasteiger charge is 2.04. The first-order valence-corrected chi connectivity index (χ1v) is 8.60. The number of thiazole rings is 1. The third-order valence-electron chi connectivity index (χ3n) is 3.25. The van der Waals surface area contributed by atoms with Crippen LogP contribution in [0.25, 0.3) is 11.3 Å². The van der Waals surface area contributed by atoms with Gasteiger partial charge < -0.3 is 5.11 Å². The van der Waals surface area contributed by atoms with Gasteiger partial charge in [0, 0.05) is 15.4 Å². The Bertz CT molecular complexity index is 826. The van der Waals surface area contributed by atoms with Gasteiger partial charge in [-0.1, -0.05) is 28.1 Å². The van der Waals surface area contributed by atoms with Gasteiger partial charge in [-0.05, 0) is 48.9 Å². The number of phenolic OH excluding ortho intramolecular Hbond substituents is 1. The van der Waals surface area contributed by atoms with Crippen LogP contribution in [0.5, 0.6) is 5.75 Å². The largest absolute Gasteiger partial charge is 0.508 e. The fourth-order valence-electron chi connectivity index (χ4n) is 1.98. The molecule has 0 bridgehead atoms. The van der Waals surface area contributed by atoms with E-state index >= 15 is 0 Å². The standard InChI is InChI=1S/C17H14BrN3OS/c1-11(12-4-8-15(22)9-5-12)20-21-17-19-16(10-23-17)13-2-6-14(18)7-3-13/h2-10,22H,1H3,(H,19,21)/b20-11+. The number of phenols is 1. The van der Waals surface area contributed by atoms with E-state index in [1.54, 1.807) is 12.1 Å². The molecule has 0 aliphatic carbocycles. The SMILES string of the molecule is C/C(=N\Nc1nc(-c2ccc(Br)cc2)cs1)c1ccc(O)cc1. The highest BCUT2D eigenvalue weighted by Crippen LogP contribution is 2.26. The Morgan fingerprint density at radius 1 is 1.13 bits per heavy atom. The molecule has 0 radical (unpaired) electrons. The molecule has 116 valence electrons. The van der Waals surface area contributed by atoms with E-state index in [0.29, 0.717) is 0 Å². The van der Waals surface area contributed by atoms with Crippen molar-refractivity contribution in [1.29, 1.82) is 0 Å². The fraction of sp³-hybridized carbons (Fsp3) is 0.0588. The Kier molecular flexibility index (Phi) is 4.73. The molecule has 2 N–H and O–H groups in total. The van der Waals surface area contributed by atoms with Crippen molar-refractivity contribution in [1.82, 2.24) is 4.98 Å². The van der Waals surface area contributed by atoms with Crippen LogP contribution in [0.4, 0.5) is 5.13 Å². The average Bonchev–Trinajstić information content (AvgIpc) is 3.03. The van der Waals surface area contributed by atoms with Gasteiger partial charge in [-0.15, -0.1) is 11.3 Å². The molecule has 2 aromatic carbocycles. The summed E-state index contributed by atoms with van der Waals surface area (Å²) in [4.78, 5) is 4.53. The molecule has 4 nitrogen and oxygen atoms in total. The minimum absolute atomic E-state index is 0.244. The van der Waals surface area contributed by atoms with Gasteiger partial charge in [-0.25, -0.2) is 4.98 Å². The molecule has 0 atom stereocenters. The Labute approximate surface area is 146 Å². The number of nitrogens with zero attached hydrogens (tertiary/aromatic N) is 2. The molecular weight excluding hydrogens is 374 g/mol. The van der Waals surface area contributed by atoms with Gasteiger partial charge in [0.15, 0.2) is 0 Å². The summed E-state index contributed by atoms with van der Waals surface area (Å²) in [5, 5.41) is 16.4. The lowest BCUT2D eigenvalue weighted by Gasteiger charge is -2.01. The van der Waals surface area contributed by atoms with E-state index in [4.69, 9.17) is 0 Å². The minimum Gasteiger partial charge on any atom is -0.508 e. The van der Waals surface area contributed by atoms with E-state index < -0.39 is 0 Å². The summed E-state index contributed by atoms with van der Waals surface area (Å²) >= 11 is 4.93. The monoisotopic (exact) mass is 387 g/mol. The number of halogens is 1. The summed E-state index contributed by atoms with van der Waals surface area (Å²) in [7, 11) is 0. The molecule has 1 heterocycles. The lowest BCUT2D eigenvalue weighted by Crippen LogP contribution is -1.99. The smallest absolute Gasteiger partial charge is 0.203 e. The molecule has 0 fully saturated rings. The van der Waals surface area contributed by atoms with Gasteiger partial charge in [0.25, 0.3) is 0 Å². The first-order chi connectivity index (χ1) is 11.1. The maximum atomic E-state index is 9.31. The number of hydrazone groups is 1. The summed E-state index contributed by atoms with van der Waals surface area (Å²) in [6.07, 6.45) is 0. The number of hydrogen-bond acceptors (Lipinski definition) is 5. The molecule has 0 spiro atoms. The van der Waals surface area contributed by atoms with E-state index in [2.05, 4.69) is 31.4 Å². The second kappa shape index (κ2) is 6.93. The number of anilines is 1. The number of nitrogens with one attached hydrogen (secondary N) is 1. The third kappa shape index (κ3) is 3.97. The zero-order valence-corrected chi connectivity index (χ0v) is 14.7. The lowest BCUT2D eigenvalue weighted by atomic mass is 10.1. The quantitative estimate of drug-likeness (QED) is 0.482. The molecule has 3 aromatic rings. The van der Waals surface area contributed by atoms with Crippen LogP contribution in [0.3, 0.4) is 0 Å². The topological polar surface area (TPSA) is 57.5 Å². The van der Waals surface area contributed by atoms with Crippen LogP contribution in [0.2, 0.25) is 0 Å². The lowest BCUT2D eigenvalue weighted by molar-refractivity contribution is 0.475. The fourth-order valence-corrected chi connectivity index (χ4v) is 2.90. The maximum Gasteiger partial charge on any atom is 0.203 e. The molecule has 3 rings (SSSR count). The van der Waals surface area contributed by atoms with Crippen LogP contribution >= 0.6 is 27.3 Å². The molecule has 6 heteroatoms. The Hall–Kier alpha value is -2.18. The molecule has 0 amide bonds. The van der Waals surface area contributed by atoms with E-state index in [0.717, 1.165) is 32.1 Å². The van der Waals surface area contributed by atoms with Crippen molar-refractivity contribution in [2.24, 2.45) is 5.10 Å². The summed E-state index contributed by atoms with van der Waals surface area (Å²) in [6, 6.07) is 15.0.